The summed E-state index contributed by atoms with van der Waals surface area (Å²) in [6.07, 6.45) is 2.25. The lowest BCUT2D eigenvalue weighted by molar-refractivity contribution is 0.0448. The third kappa shape index (κ3) is 2.78. The summed E-state index contributed by atoms with van der Waals surface area (Å²) in [4.78, 5) is 12.3. The van der Waals surface area contributed by atoms with Gasteiger partial charge in [-0.2, -0.15) is 0 Å². The largest absolute Gasteiger partial charge is 0.409 e. The maximum absolute atomic E-state index is 12.3. The smallest absolute Gasteiger partial charge is 0.261 e. The van der Waals surface area contributed by atoms with Crippen molar-refractivity contribution >= 4 is 5.84 Å². The van der Waals surface area contributed by atoms with Gasteiger partial charge in [-0.05, 0) is 38.8 Å². The summed E-state index contributed by atoms with van der Waals surface area (Å²) >= 11 is 0. The van der Waals surface area contributed by atoms with Crippen LogP contribution in [0.25, 0.3) is 0 Å². The molecule has 1 aromatic heterocycles. The van der Waals surface area contributed by atoms with Gasteiger partial charge in [-0.25, -0.2) is 0 Å². The predicted octanol–water partition coefficient (Wildman–Crippen LogP) is 0.819. The van der Waals surface area contributed by atoms with Gasteiger partial charge < -0.3 is 20.2 Å². The molecule has 0 spiro atoms. The fourth-order valence-corrected chi connectivity index (χ4v) is 2.37. The van der Waals surface area contributed by atoms with E-state index in [1.807, 2.05) is 13.8 Å². The van der Waals surface area contributed by atoms with Crippen LogP contribution in [-0.2, 0) is 11.3 Å². The fraction of sp³-hybridized carbons (Fsp3) is 0.538. The molecule has 0 radical (unpaired) electrons. The second-order valence-electron chi connectivity index (χ2n) is 4.94. The highest BCUT2D eigenvalue weighted by molar-refractivity contribution is 5.96. The molecule has 2 rings (SSSR count). The first-order valence-electron chi connectivity index (χ1n) is 6.36. The van der Waals surface area contributed by atoms with Crippen LogP contribution in [0.3, 0.4) is 0 Å². The molecular formula is C13H19N3O3. The standard InChI is InChI=1S/C13H19N3O3/c1-8-3-6-11(12(14)15-18)13(17)16(8)7-10-5-4-9(2)19-10/h3,6,9-10,18H,4-5,7H2,1-2H3,(H2,14,15). The van der Waals surface area contributed by atoms with Crippen molar-refractivity contribution in [3.05, 3.63) is 33.7 Å². The van der Waals surface area contributed by atoms with E-state index in [1.54, 1.807) is 16.7 Å². The Labute approximate surface area is 111 Å². The Bertz CT molecular complexity index is 551. The predicted molar refractivity (Wildman–Crippen MR) is 71.5 cm³/mol. The number of amidine groups is 1. The van der Waals surface area contributed by atoms with Crippen LogP contribution in [-0.4, -0.2) is 27.8 Å². The second-order valence-corrected chi connectivity index (χ2v) is 4.94. The van der Waals surface area contributed by atoms with Crippen molar-refractivity contribution in [3.63, 3.8) is 0 Å². The van der Waals surface area contributed by atoms with Crippen LogP contribution in [0.5, 0.6) is 0 Å². The summed E-state index contributed by atoms with van der Waals surface area (Å²) in [5.74, 6) is -0.167. The van der Waals surface area contributed by atoms with E-state index in [-0.39, 0.29) is 29.2 Å². The Morgan fingerprint density at radius 1 is 1.58 bits per heavy atom. The third-order valence-corrected chi connectivity index (χ3v) is 3.48. The zero-order chi connectivity index (χ0) is 14.0. The maximum atomic E-state index is 12.3. The molecule has 1 aromatic rings. The Balaban J connectivity index is 2.32. The van der Waals surface area contributed by atoms with Crippen molar-refractivity contribution < 1.29 is 9.94 Å². The lowest BCUT2D eigenvalue weighted by Gasteiger charge is -2.16. The first kappa shape index (κ1) is 13.6. The number of hydrogen-bond acceptors (Lipinski definition) is 4. The van der Waals surface area contributed by atoms with Gasteiger partial charge in [0.1, 0.15) is 0 Å². The minimum absolute atomic E-state index is 0.0499. The van der Waals surface area contributed by atoms with E-state index < -0.39 is 0 Å². The van der Waals surface area contributed by atoms with E-state index in [9.17, 15) is 4.79 Å². The van der Waals surface area contributed by atoms with E-state index in [4.69, 9.17) is 15.7 Å². The Kier molecular flexibility index (Phi) is 3.90. The number of hydrogen-bond donors (Lipinski definition) is 2. The second kappa shape index (κ2) is 5.44. The van der Waals surface area contributed by atoms with Gasteiger partial charge in [0.25, 0.3) is 5.56 Å². The Morgan fingerprint density at radius 2 is 2.32 bits per heavy atom. The van der Waals surface area contributed by atoms with Crippen molar-refractivity contribution in [1.29, 1.82) is 0 Å². The molecule has 19 heavy (non-hydrogen) atoms. The summed E-state index contributed by atoms with van der Waals surface area (Å²) in [7, 11) is 0. The maximum Gasteiger partial charge on any atom is 0.261 e. The molecule has 1 aliphatic heterocycles. The zero-order valence-electron chi connectivity index (χ0n) is 11.2. The van der Waals surface area contributed by atoms with E-state index in [2.05, 4.69) is 5.16 Å². The zero-order valence-corrected chi connectivity index (χ0v) is 11.2. The van der Waals surface area contributed by atoms with Crippen LogP contribution >= 0.6 is 0 Å². The van der Waals surface area contributed by atoms with Crippen molar-refractivity contribution in [2.45, 2.75) is 45.4 Å². The lowest BCUT2D eigenvalue weighted by atomic mass is 10.2. The van der Waals surface area contributed by atoms with Crippen LogP contribution < -0.4 is 11.3 Å². The highest BCUT2D eigenvalue weighted by atomic mass is 16.5. The summed E-state index contributed by atoms with van der Waals surface area (Å²) < 4.78 is 7.35. The van der Waals surface area contributed by atoms with Crippen molar-refractivity contribution in [2.75, 3.05) is 0 Å². The monoisotopic (exact) mass is 265 g/mol. The molecule has 6 heteroatoms. The van der Waals surface area contributed by atoms with Crippen LogP contribution in [0, 0.1) is 6.92 Å². The van der Waals surface area contributed by atoms with Crippen LogP contribution in [0.4, 0.5) is 0 Å². The summed E-state index contributed by atoms with van der Waals surface area (Å²) in [5.41, 5.74) is 6.29. The van der Waals surface area contributed by atoms with E-state index in [0.29, 0.717) is 6.54 Å². The van der Waals surface area contributed by atoms with E-state index in [0.717, 1.165) is 18.5 Å². The average molecular weight is 265 g/mol. The van der Waals surface area contributed by atoms with E-state index >= 15 is 0 Å². The minimum atomic E-state index is -0.251. The van der Waals surface area contributed by atoms with Gasteiger partial charge in [-0.15, -0.1) is 0 Å². The number of ether oxygens (including phenoxy) is 1. The minimum Gasteiger partial charge on any atom is -0.409 e. The Hall–Kier alpha value is -1.82. The number of nitrogens with two attached hydrogens (primary N) is 1. The fourth-order valence-electron chi connectivity index (χ4n) is 2.37. The SMILES string of the molecule is Cc1ccc(/C(N)=N/O)c(=O)n1CC1CCC(C)O1. The quantitative estimate of drug-likeness (QED) is 0.366. The van der Waals surface area contributed by atoms with Gasteiger partial charge in [0, 0.05) is 5.69 Å². The normalized spacial score (nSPS) is 23.8. The molecule has 3 N–H and O–H groups in total. The molecule has 2 heterocycles. The molecule has 2 unspecified atom stereocenters. The highest BCUT2D eigenvalue weighted by Crippen LogP contribution is 2.20. The van der Waals surface area contributed by atoms with Crippen LogP contribution in [0.2, 0.25) is 0 Å². The lowest BCUT2D eigenvalue weighted by Crippen LogP contribution is -2.34. The topological polar surface area (TPSA) is 89.8 Å². The number of aromatic nitrogens is 1. The third-order valence-electron chi connectivity index (χ3n) is 3.48. The van der Waals surface area contributed by atoms with Crippen molar-refractivity contribution in [1.82, 2.24) is 4.57 Å². The number of oxime groups is 1. The molecule has 0 bridgehead atoms. The first-order valence-corrected chi connectivity index (χ1v) is 6.36. The van der Waals surface area contributed by atoms with Gasteiger partial charge >= 0.3 is 0 Å². The molecule has 2 atom stereocenters. The molecule has 0 amide bonds. The first-order chi connectivity index (χ1) is 9.02. The molecule has 1 saturated heterocycles. The van der Waals surface area contributed by atoms with Gasteiger partial charge in [-0.1, -0.05) is 5.16 Å². The molecule has 104 valence electrons. The summed E-state index contributed by atoms with van der Waals surface area (Å²) in [6.45, 7) is 4.39. The summed E-state index contributed by atoms with van der Waals surface area (Å²) in [6, 6.07) is 3.36. The molecule has 0 saturated carbocycles. The van der Waals surface area contributed by atoms with Crippen LogP contribution in [0.1, 0.15) is 31.0 Å². The van der Waals surface area contributed by atoms with Crippen LogP contribution in [0.15, 0.2) is 22.1 Å². The van der Waals surface area contributed by atoms with Gasteiger partial charge in [0.2, 0.25) is 0 Å². The molecule has 0 aliphatic carbocycles. The summed E-state index contributed by atoms with van der Waals surface area (Å²) in [5, 5.41) is 11.6. The van der Waals surface area contributed by atoms with E-state index in [1.165, 1.54) is 0 Å². The molecule has 0 aromatic carbocycles. The molecule has 1 aliphatic rings. The highest BCUT2D eigenvalue weighted by Gasteiger charge is 2.23. The van der Waals surface area contributed by atoms with Gasteiger partial charge in [0.15, 0.2) is 5.84 Å². The Morgan fingerprint density at radius 3 is 2.89 bits per heavy atom. The number of pyridine rings is 1. The van der Waals surface area contributed by atoms with Crippen molar-refractivity contribution in [2.24, 2.45) is 10.9 Å². The number of aryl methyl sites for hydroxylation is 1. The molecule has 6 nitrogen and oxygen atoms in total. The molecule has 1 fully saturated rings. The molecular weight excluding hydrogens is 246 g/mol. The number of nitrogens with zero attached hydrogens (tertiary/aromatic N) is 2. The number of rotatable bonds is 3. The van der Waals surface area contributed by atoms with Gasteiger partial charge in [-0.3, -0.25) is 4.79 Å². The van der Waals surface area contributed by atoms with Gasteiger partial charge in [0.05, 0.1) is 24.3 Å². The average Bonchev–Trinajstić information content (AvgIpc) is 2.79. The van der Waals surface area contributed by atoms with Crippen molar-refractivity contribution in [3.8, 4) is 0 Å².